The van der Waals surface area contributed by atoms with Crippen molar-refractivity contribution in [1.82, 2.24) is 9.71 Å². The number of nitrogens with one attached hydrogen (secondary N) is 1. The Morgan fingerprint density at radius 1 is 1.18 bits per heavy atom. The summed E-state index contributed by atoms with van der Waals surface area (Å²) in [4.78, 5) is 16.2. The van der Waals surface area contributed by atoms with Crippen molar-refractivity contribution in [3.63, 3.8) is 0 Å². The van der Waals surface area contributed by atoms with Gasteiger partial charge >= 0.3 is 0 Å². The quantitative estimate of drug-likeness (QED) is 0.428. The van der Waals surface area contributed by atoms with Gasteiger partial charge in [-0.1, -0.05) is 40.2 Å². The van der Waals surface area contributed by atoms with Crippen LogP contribution in [0.3, 0.4) is 0 Å². The Morgan fingerprint density at radius 2 is 1.91 bits per heavy atom. The minimum Gasteiger partial charge on any atom is -0.422 e. The molecule has 3 aromatic rings. The SMILES string of the molecule is O=c1c2ccccc2nc(NN=Cc2ccc(Br)cc2)n1O. The van der Waals surface area contributed by atoms with Gasteiger partial charge in [-0.25, -0.2) is 10.4 Å². The van der Waals surface area contributed by atoms with E-state index in [9.17, 15) is 10.0 Å². The normalized spacial score (nSPS) is 11.1. The number of hydrazone groups is 1. The smallest absolute Gasteiger partial charge is 0.295 e. The van der Waals surface area contributed by atoms with Crippen molar-refractivity contribution in [3.8, 4) is 0 Å². The molecule has 0 spiro atoms. The third-order valence-electron chi connectivity index (χ3n) is 3.00. The molecule has 0 saturated heterocycles. The van der Waals surface area contributed by atoms with Gasteiger partial charge in [0.1, 0.15) is 0 Å². The molecule has 110 valence electrons. The number of hydrogen-bond donors (Lipinski definition) is 2. The van der Waals surface area contributed by atoms with Gasteiger partial charge in [-0.15, -0.1) is 4.73 Å². The van der Waals surface area contributed by atoms with Crippen LogP contribution in [0.25, 0.3) is 10.9 Å². The number of rotatable bonds is 3. The van der Waals surface area contributed by atoms with Gasteiger partial charge in [0, 0.05) is 4.47 Å². The topological polar surface area (TPSA) is 79.5 Å². The van der Waals surface area contributed by atoms with E-state index in [0.717, 1.165) is 10.0 Å². The molecule has 0 amide bonds. The van der Waals surface area contributed by atoms with E-state index in [1.807, 2.05) is 24.3 Å². The Bertz CT molecular complexity index is 904. The first-order valence-electron chi connectivity index (χ1n) is 6.41. The van der Waals surface area contributed by atoms with Crippen LogP contribution in [-0.2, 0) is 0 Å². The molecule has 0 radical (unpaired) electrons. The second-order valence-corrected chi connectivity index (χ2v) is 5.41. The summed E-state index contributed by atoms with van der Waals surface area (Å²) in [5.74, 6) is -0.0444. The number of nitrogens with zero attached hydrogens (tertiary/aromatic N) is 3. The van der Waals surface area contributed by atoms with Crippen molar-refractivity contribution in [1.29, 1.82) is 0 Å². The van der Waals surface area contributed by atoms with Crippen molar-refractivity contribution in [2.45, 2.75) is 0 Å². The van der Waals surface area contributed by atoms with Crippen LogP contribution >= 0.6 is 15.9 Å². The molecular formula is C15H11BrN4O2. The first-order chi connectivity index (χ1) is 10.6. The molecule has 1 aromatic heterocycles. The zero-order valence-corrected chi connectivity index (χ0v) is 12.9. The maximum absolute atomic E-state index is 12.0. The number of hydrogen-bond acceptors (Lipinski definition) is 5. The largest absolute Gasteiger partial charge is 0.422 e. The van der Waals surface area contributed by atoms with Crippen LogP contribution in [0.1, 0.15) is 5.56 Å². The Balaban J connectivity index is 1.89. The van der Waals surface area contributed by atoms with Gasteiger partial charge in [0.2, 0.25) is 0 Å². The fourth-order valence-corrected chi connectivity index (χ4v) is 2.17. The predicted octanol–water partition coefficient (Wildman–Crippen LogP) is 2.84. The zero-order chi connectivity index (χ0) is 15.5. The van der Waals surface area contributed by atoms with Crippen LogP contribution in [0.5, 0.6) is 0 Å². The molecule has 0 saturated carbocycles. The highest BCUT2D eigenvalue weighted by Crippen LogP contribution is 2.11. The van der Waals surface area contributed by atoms with Crippen LogP contribution < -0.4 is 11.0 Å². The minimum absolute atomic E-state index is 0.0444. The molecule has 22 heavy (non-hydrogen) atoms. The lowest BCUT2D eigenvalue weighted by Gasteiger charge is -2.06. The second-order valence-electron chi connectivity index (χ2n) is 4.49. The summed E-state index contributed by atoms with van der Waals surface area (Å²) in [6.07, 6.45) is 1.56. The summed E-state index contributed by atoms with van der Waals surface area (Å²) in [5.41, 5.74) is 3.37. The summed E-state index contributed by atoms with van der Waals surface area (Å²) in [5, 5.41) is 14.1. The maximum Gasteiger partial charge on any atom is 0.295 e. The third kappa shape index (κ3) is 2.84. The van der Waals surface area contributed by atoms with Crippen LogP contribution in [0.15, 0.2) is 62.9 Å². The molecule has 7 heteroatoms. The molecule has 2 N–H and O–H groups in total. The van der Waals surface area contributed by atoms with Crippen molar-refractivity contribution in [2.24, 2.45) is 5.10 Å². The highest BCUT2D eigenvalue weighted by atomic mass is 79.9. The summed E-state index contributed by atoms with van der Waals surface area (Å²) < 4.78 is 1.42. The molecule has 0 aliphatic heterocycles. The van der Waals surface area contributed by atoms with E-state index >= 15 is 0 Å². The number of aromatic nitrogens is 2. The lowest BCUT2D eigenvalue weighted by Crippen LogP contribution is -2.22. The summed E-state index contributed by atoms with van der Waals surface area (Å²) in [6.45, 7) is 0. The summed E-state index contributed by atoms with van der Waals surface area (Å²) in [6, 6.07) is 14.3. The molecule has 2 aromatic carbocycles. The Kier molecular flexibility index (Phi) is 3.88. The van der Waals surface area contributed by atoms with Gasteiger partial charge in [-0.05, 0) is 29.8 Å². The van der Waals surface area contributed by atoms with E-state index in [1.165, 1.54) is 0 Å². The van der Waals surface area contributed by atoms with E-state index in [-0.39, 0.29) is 5.95 Å². The molecule has 0 atom stereocenters. The number of fused-ring (bicyclic) bond motifs is 1. The lowest BCUT2D eigenvalue weighted by atomic mass is 10.2. The average molecular weight is 359 g/mol. The van der Waals surface area contributed by atoms with Gasteiger partial charge in [-0.3, -0.25) is 4.79 Å². The van der Waals surface area contributed by atoms with Crippen LogP contribution in [-0.4, -0.2) is 21.1 Å². The fraction of sp³-hybridized carbons (Fsp3) is 0. The molecule has 1 heterocycles. The van der Waals surface area contributed by atoms with Gasteiger partial charge in [0.15, 0.2) is 0 Å². The van der Waals surface area contributed by atoms with Crippen molar-refractivity contribution in [2.75, 3.05) is 5.43 Å². The van der Waals surface area contributed by atoms with Crippen LogP contribution in [0.4, 0.5) is 5.95 Å². The number of para-hydroxylation sites is 1. The highest BCUT2D eigenvalue weighted by Gasteiger charge is 2.08. The van der Waals surface area contributed by atoms with E-state index < -0.39 is 5.56 Å². The maximum atomic E-state index is 12.0. The summed E-state index contributed by atoms with van der Waals surface area (Å²) in [7, 11) is 0. The van der Waals surface area contributed by atoms with E-state index in [2.05, 4.69) is 31.4 Å². The first kappa shape index (κ1) is 14.3. The highest BCUT2D eigenvalue weighted by molar-refractivity contribution is 9.10. The Hall–Kier alpha value is -2.67. The minimum atomic E-state index is -0.549. The molecule has 0 aliphatic rings. The molecule has 0 aliphatic carbocycles. The standard InChI is InChI=1S/C15H11BrN4O2/c16-11-7-5-10(6-8-11)9-17-19-15-18-13-4-2-1-3-12(13)14(21)20(15)22/h1-9,22H,(H,18,19). The van der Waals surface area contributed by atoms with E-state index in [0.29, 0.717) is 15.6 Å². The van der Waals surface area contributed by atoms with Gasteiger partial charge in [0.25, 0.3) is 11.5 Å². The second kappa shape index (κ2) is 5.98. The zero-order valence-electron chi connectivity index (χ0n) is 11.3. The van der Waals surface area contributed by atoms with Gasteiger partial charge in [-0.2, -0.15) is 5.10 Å². The van der Waals surface area contributed by atoms with Gasteiger partial charge < -0.3 is 5.21 Å². The van der Waals surface area contributed by atoms with Crippen molar-refractivity contribution in [3.05, 3.63) is 68.9 Å². The molecule has 0 unspecified atom stereocenters. The predicted molar refractivity (Wildman–Crippen MR) is 88.5 cm³/mol. The van der Waals surface area contributed by atoms with Crippen molar-refractivity contribution >= 4 is 39.0 Å². The van der Waals surface area contributed by atoms with E-state index in [1.54, 1.807) is 30.5 Å². The van der Waals surface area contributed by atoms with Crippen LogP contribution in [0, 0.1) is 0 Å². The molecule has 6 nitrogen and oxygen atoms in total. The first-order valence-corrected chi connectivity index (χ1v) is 7.20. The fourth-order valence-electron chi connectivity index (χ4n) is 1.91. The monoisotopic (exact) mass is 358 g/mol. The van der Waals surface area contributed by atoms with Crippen LogP contribution in [0.2, 0.25) is 0 Å². The van der Waals surface area contributed by atoms with Gasteiger partial charge in [0.05, 0.1) is 17.1 Å². The number of benzene rings is 2. The number of anilines is 1. The third-order valence-corrected chi connectivity index (χ3v) is 3.53. The summed E-state index contributed by atoms with van der Waals surface area (Å²) >= 11 is 3.35. The molecule has 3 rings (SSSR count). The lowest BCUT2D eigenvalue weighted by molar-refractivity contribution is 0.179. The average Bonchev–Trinajstić information content (AvgIpc) is 2.54. The molecular weight excluding hydrogens is 348 g/mol. The molecule has 0 fully saturated rings. The van der Waals surface area contributed by atoms with Crippen molar-refractivity contribution < 1.29 is 5.21 Å². The van der Waals surface area contributed by atoms with E-state index in [4.69, 9.17) is 0 Å². The Labute approximate surface area is 133 Å². The number of halogens is 1. The molecule has 0 bridgehead atoms. The Morgan fingerprint density at radius 3 is 2.68 bits per heavy atom.